The van der Waals surface area contributed by atoms with Crippen LogP contribution >= 0.6 is 0 Å². The third-order valence-corrected chi connectivity index (χ3v) is 3.12. The van der Waals surface area contributed by atoms with Crippen molar-refractivity contribution < 1.29 is 0 Å². The Labute approximate surface area is 95.4 Å². The Morgan fingerprint density at radius 1 is 0.750 bits per heavy atom. The van der Waals surface area contributed by atoms with Crippen LogP contribution < -0.4 is 0 Å². The highest BCUT2D eigenvalue weighted by Crippen LogP contribution is 2.30. The molecule has 0 radical (unpaired) electrons. The Hall–Kier alpha value is -1.70. The van der Waals surface area contributed by atoms with Gasteiger partial charge < -0.3 is 0 Å². The van der Waals surface area contributed by atoms with E-state index in [4.69, 9.17) is 0 Å². The molecule has 0 fully saturated rings. The predicted molar refractivity (Wildman–Crippen MR) is 64.4 cm³/mol. The number of fused-ring (bicyclic) bond motifs is 3. The first-order chi connectivity index (χ1) is 7.74. The second-order valence-electron chi connectivity index (χ2n) is 4.42. The Morgan fingerprint density at radius 3 is 1.62 bits per heavy atom. The fraction of sp³-hybridized carbons (Fsp3) is 0.286. The molecule has 16 heavy (non-hydrogen) atoms. The molecule has 2 heteroatoms. The van der Waals surface area contributed by atoms with Gasteiger partial charge in [-0.25, -0.2) is 0 Å². The standard InChI is InChI=1S/C14H14N2/c1-9-3-5-11-7-8-12-6-4-10(2)16-14(12)13(11)15-9/h3-6H,7-8H2,1-2H3. The van der Waals surface area contributed by atoms with Crippen molar-refractivity contribution in [3.05, 3.63) is 46.8 Å². The van der Waals surface area contributed by atoms with Crippen LogP contribution in [0.3, 0.4) is 0 Å². The van der Waals surface area contributed by atoms with Gasteiger partial charge in [0.15, 0.2) is 0 Å². The van der Waals surface area contributed by atoms with Crippen molar-refractivity contribution in [3.8, 4) is 11.4 Å². The Kier molecular flexibility index (Phi) is 2.03. The smallest absolute Gasteiger partial charge is 0.0924 e. The summed E-state index contributed by atoms with van der Waals surface area (Å²) in [5.74, 6) is 0. The van der Waals surface area contributed by atoms with Crippen LogP contribution in [-0.4, -0.2) is 9.97 Å². The van der Waals surface area contributed by atoms with Gasteiger partial charge in [-0.05, 0) is 49.9 Å². The second kappa shape index (κ2) is 3.41. The van der Waals surface area contributed by atoms with E-state index in [9.17, 15) is 0 Å². The molecule has 0 aliphatic heterocycles. The van der Waals surface area contributed by atoms with Crippen molar-refractivity contribution in [2.24, 2.45) is 0 Å². The normalized spacial score (nSPS) is 13.1. The first-order valence-corrected chi connectivity index (χ1v) is 5.67. The maximum absolute atomic E-state index is 4.63. The van der Waals surface area contributed by atoms with Crippen LogP contribution in [0.4, 0.5) is 0 Å². The van der Waals surface area contributed by atoms with Crippen LogP contribution in [0.5, 0.6) is 0 Å². The number of hydrogen-bond acceptors (Lipinski definition) is 2. The molecule has 1 aliphatic rings. The lowest BCUT2D eigenvalue weighted by Gasteiger charge is -2.18. The van der Waals surface area contributed by atoms with E-state index >= 15 is 0 Å². The lowest BCUT2D eigenvalue weighted by molar-refractivity contribution is 0.902. The van der Waals surface area contributed by atoms with Gasteiger partial charge in [0.25, 0.3) is 0 Å². The van der Waals surface area contributed by atoms with Crippen molar-refractivity contribution in [3.63, 3.8) is 0 Å². The minimum Gasteiger partial charge on any atom is -0.251 e. The molecule has 0 saturated carbocycles. The van der Waals surface area contributed by atoms with E-state index in [0.717, 1.165) is 35.6 Å². The molecule has 0 bridgehead atoms. The third kappa shape index (κ3) is 1.42. The fourth-order valence-corrected chi connectivity index (χ4v) is 2.25. The van der Waals surface area contributed by atoms with Gasteiger partial charge in [0.2, 0.25) is 0 Å². The highest BCUT2D eigenvalue weighted by Gasteiger charge is 2.18. The van der Waals surface area contributed by atoms with Gasteiger partial charge in [-0.15, -0.1) is 0 Å². The minimum absolute atomic E-state index is 1.06. The van der Waals surface area contributed by atoms with E-state index in [0.29, 0.717) is 0 Å². The van der Waals surface area contributed by atoms with E-state index in [-0.39, 0.29) is 0 Å². The molecular weight excluding hydrogens is 196 g/mol. The van der Waals surface area contributed by atoms with Gasteiger partial charge >= 0.3 is 0 Å². The summed E-state index contributed by atoms with van der Waals surface area (Å²) in [4.78, 5) is 9.27. The summed E-state index contributed by atoms with van der Waals surface area (Å²) in [5.41, 5.74) is 6.96. The van der Waals surface area contributed by atoms with E-state index in [1.54, 1.807) is 0 Å². The largest absolute Gasteiger partial charge is 0.251 e. The lowest BCUT2D eigenvalue weighted by Crippen LogP contribution is -2.08. The first-order valence-electron chi connectivity index (χ1n) is 5.67. The molecule has 0 atom stereocenters. The molecule has 2 nitrogen and oxygen atoms in total. The van der Waals surface area contributed by atoms with E-state index in [1.165, 1.54) is 11.1 Å². The fourth-order valence-electron chi connectivity index (χ4n) is 2.25. The van der Waals surface area contributed by atoms with Gasteiger partial charge in [-0.2, -0.15) is 0 Å². The van der Waals surface area contributed by atoms with Crippen LogP contribution in [0.1, 0.15) is 22.5 Å². The van der Waals surface area contributed by atoms with Crippen molar-refractivity contribution in [1.29, 1.82) is 0 Å². The van der Waals surface area contributed by atoms with Crippen molar-refractivity contribution >= 4 is 0 Å². The highest BCUT2D eigenvalue weighted by molar-refractivity contribution is 5.65. The molecule has 2 aromatic rings. The minimum atomic E-state index is 1.06. The van der Waals surface area contributed by atoms with Crippen LogP contribution in [0.25, 0.3) is 11.4 Å². The molecule has 0 unspecified atom stereocenters. The van der Waals surface area contributed by atoms with Gasteiger partial charge in [0.05, 0.1) is 11.4 Å². The molecular formula is C14H14N2. The number of aromatic nitrogens is 2. The zero-order chi connectivity index (χ0) is 11.1. The molecule has 0 saturated heterocycles. The van der Waals surface area contributed by atoms with Gasteiger partial charge in [-0.3, -0.25) is 9.97 Å². The summed E-state index contributed by atoms with van der Waals surface area (Å²) in [7, 11) is 0. The number of aryl methyl sites for hydroxylation is 4. The summed E-state index contributed by atoms with van der Waals surface area (Å²) in [6.07, 6.45) is 2.17. The van der Waals surface area contributed by atoms with E-state index in [1.807, 2.05) is 13.8 Å². The monoisotopic (exact) mass is 210 g/mol. The summed E-state index contributed by atoms with van der Waals surface area (Å²) in [6, 6.07) is 8.54. The van der Waals surface area contributed by atoms with Gasteiger partial charge in [-0.1, -0.05) is 12.1 Å². The van der Waals surface area contributed by atoms with Crippen molar-refractivity contribution in [2.75, 3.05) is 0 Å². The number of nitrogens with zero attached hydrogens (tertiary/aromatic N) is 2. The topological polar surface area (TPSA) is 25.8 Å². The van der Waals surface area contributed by atoms with E-state index < -0.39 is 0 Å². The van der Waals surface area contributed by atoms with Gasteiger partial charge in [0, 0.05) is 11.4 Å². The molecule has 0 spiro atoms. The number of hydrogen-bond donors (Lipinski definition) is 0. The molecule has 0 N–H and O–H groups in total. The van der Waals surface area contributed by atoms with Crippen molar-refractivity contribution in [2.45, 2.75) is 26.7 Å². The Balaban J connectivity index is 2.28. The average molecular weight is 210 g/mol. The zero-order valence-electron chi connectivity index (χ0n) is 9.62. The summed E-state index contributed by atoms with van der Waals surface area (Å²) >= 11 is 0. The molecule has 2 aromatic heterocycles. The molecule has 1 aliphatic carbocycles. The Morgan fingerprint density at radius 2 is 1.19 bits per heavy atom. The highest BCUT2D eigenvalue weighted by atomic mass is 14.8. The Bertz CT molecular complexity index is 507. The van der Waals surface area contributed by atoms with Crippen LogP contribution in [0.15, 0.2) is 24.3 Å². The van der Waals surface area contributed by atoms with Crippen LogP contribution in [-0.2, 0) is 12.8 Å². The maximum atomic E-state index is 4.63. The average Bonchev–Trinajstić information content (AvgIpc) is 2.29. The summed E-state index contributed by atoms with van der Waals surface area (Å²) in [5, 5.41) is 0. The SMILES string of the molecule is Cc1ccc2c(n1)-c1nc(C)ccc1CC2. The van der Waals surface area contributed by atoms with Gasteiger partial charge in [0.1, 0.15) is 0 Å². The molecule has 3 rings (SSSR count). The number of pyridine rings is 2. The molecule has 0 amide bonds. The maximum Gasteiger partial charge on any atom is 0.0924 e. The molecule has 0 aromatic carbocycles. The van der Waals surface area contributed by atoms with Crippen molar-refractivity contribution in [1.82, 2.24) is 9.97 Å². The van der Waals surface area contributed by atoms with Crippen LogP contribution in [0, 0.1) is 13.8 Å². The zero-order valence-corrected chi connectivity index (χ0v) is 9.62. The predicted octanol–water partition coefficient (Wildman–Crippen LogP) is 2.86. The summed E-state index contributed by atoms with van der Waals surface area (Å²) in [6.45, 7) is 4.06. The van der Waals surface area contributed by atoms with E-state index in [2.05, 4.69) is 34.2 Å². The summed E-state index contributed by atoms with van der Waals surface area (Å²) < 4.78 is 0. The second-order valence-corrected chi connectivity index (χ2v) is 4.42. The lowest BCUT2D eigenvalue weighted by atomic mass is 9.92. The third-order valence-electron chi connectivity index (χ3n) is 3.12. The number of rotatable bonds is 0. The first kappa shape index (κ1) is 9.52. The molecule has 80 valence electrons. The van der Waals surface area contributed by atoms with Crippen LogP contribution in [0.2, 0.25) is 0 Å². The molecule has 2 heterocycles. The quantitative estimate of drug-likeness (QED) is 0.668.